The molecule has 0 amide bonds. The van der Waals surface area contributed by atoms with Crippen LogP contribution < -0.4 is 0 Å². The van der Waals surface area contributed by atoms with Crippen LogP contribution in [0.5, 0.6) is 0 Å². The molecule has 3 rings (SSSR count). The summed E-state index contributed by atoms with van der Waals surface area (Å²) in [6.07, 6.45) is 2.66. The lowest BCUT2D eigenvalue weighted by Gasteiger charge is -2.26. The SMILES string of the molecule is O=C(O)C1=NC(OCC2CC2)=C(N2CCC(F)(F)C2)CC1. The molecule has 2 aliphatic heterocycles. The van der Waals surface area contributed by atoms with Gasteiger partial charge in [0.2, 0.25) is 5.88 Å². The lowest BCUT2D eigenvalue weighted by atomic mass is 10.1. The van der Waals surface area contributed by atoms with Gasteiger partial charge in [-0.25, -0.2) is 18.6 Å². The summed E-state index contributed by atoms with van der Waals surface area (Å²) in [6, 6.07) is 0. The molecule has 0 bridgehead atoms. The van der Waals surface area contributed by atoms with Crippen molar-refractivity contribution in [1.82, 2.24) is 4.90 Å². The molecule has 21 heavy (non-hydrogen) atoms. The summed E-state index contributed by atoms with van der Waals surface area (Å²) in [4.78, 5) is 16.7. The maximum absolute atomic E-state index is 13.4. The van der Waals surface area contributed by atoms with Gasteiger partial charge >= 0.3 is 5.97 Å². The van der Waals surface area contributed by atoms with Crippen LogP contribution in [0.3, 0.4) is 0 Å². The van der Waals surface area contributed by atoms with E-state index in [1.54, 1.807) is 4.90 Å². The number of aliphatic imine (C=N–C) groups is 1. The number of hydrogen-bond donors (Lipinski definition) is 1. The van der Waals surface area contributed by atoms with Gasteiger partial charge in [0, 0.05) is 19.4 Å². The maximum atomic E-state index is 13.4. The Kier molecular flexibility index (Phi) is 3.59. The highest BCUT2D eigenvalue weighted by atomic mass is 19.3. The van der Waals surface area contributed by atoms with E-state index >= 15 is 0 Å². The van der Waals surface area contributed by atoms with Gasteiger partial charge in [0.25, 0.3) is 5.92 Å². The third kappa shape index (κ3) is 3.33. The number of aliphatic carboxylic acids is 1. The highest BCUT2D eigenvalue weighted by molar-refractivity contribution is 6.36. The van der Waals surface area contributed by atoms with Gasteiger partial charge in [-0.1, -0.05) is 0 Å². The number of rotatable bonds is 5. The minimum Gasteiger partial charge on any atom is -0.477 e. The van der Waals surface area contributed by atoms with Gasteiger partial charge in [-0.05, 0) is 25.2 Å². The number of nitrogens with zero attached hydrogens (tertiary/aromatic N) is 2. The van der Waals surface area contributed by atoms with Crippen LogP contribution in [0.25, 0.3) is 0 Å². The van der Waals surface area contributed by atoms with E-state index in [0.29, 0.717) is 24.6 Å². The van der Waals surface area contributed by atoms with Gasteiger partial charge in [0.1, 0.15) is 5.71 Å². The van der Waals surface area contributed by atoms with Crippen molar-refractivity contribution >= 4 is 11.7 Å². The number of ether oxygens (including phenoxy) is 1. The number of alkyl halides is 2. The zero-order valence-corrected chi connectivity index (χ0v) is 11.6. The molecule has 0 unspecified atom stereocenters. The zero-order chi connectivity index (χ0) is 15.0. The molecule has 0 atom stereocenters. The quantitative estimate of drug-likeness (QED) is 0.846. The van der Waals surface area contributed by atoms with E-state index < -0.39 is 11.9 Å². The fourth-order valence-electron chi connectivity index (χ4n) is 2.60. The molecule has 1 saturated carbocycles. The fraction of sp³-hybridized carbons (Fsp3) is 0.714. The molecule has 3 aliphatic rings. The van der Waals surface area contributed by atoms with E-state index in [2.05, 4.69) is 4.99 Å². The predicted octanol–water partition coefficient (Wildman–Crippen LogP) is 2.24. The van der Waals surface area contributed by atoms with E-state index in [9.17, 15) is 13.6 Å². The maximum Gasteiger partial charge on any atom is 0.350 e. The second kappa shape index (κ2) is 5.27. The normalized spacial score (nSPS) is 25.0. The Balaban J connectivity index is 1.80. The van der Waals surface area contributed by atoms with Gasteiger partial charge in [-0.15, -0.1) is 0 Å². The fourth-order valence-corrected chi connectivity index (χ4v) is 2.60. The number of carboxylic acid groups (broad SMARTS) is 1. The predicted molar refractivity (Wildman–Crippen MR) is 71.1 cm³/mol. The first kappa shape index (κ1) is 14.3. The summed E-state index contributed by atoms with van der Waals surface area (Å²) in [7, 11) is 0. The Morgan fingerprint density at radius 3 is 2.76 bits per heavy atom. The Hall–Kier alpha value is -1.66. The van der Waals surface area contributed by atoms with Crippen LogP contribution in [0.2, 0.25) is 0 Å². The summed E-state index contributed by atoms with van der Waals surface area (Å²) >= 11 is 0. The van der Waals surface area contributed by atoms with Crippen LogP contribution >= 0.6 is 0 Å². The minimum absolute atomic E-state index is 0.0375. The molecular weight excluding hydrogens is 282 g/mol. The molecule has 2 heterocycles. The van der Waals surface area contributed by atoms with E-state index in [0.717, 1.165) is 12.8 Å². The Morgan fingerprint density at radius 1 is 1.43 bits per heavy atom. The molecule has 5 nitrogen and oxygen atoms in total. The van der Waals surface area contributed by atoms with Crippen LogP contribution in [-0.2, 0) is 9.53 Å². The summed E-state index contributed by atoms with van der Waals surface area (Å²) < 4.78 is 32.4. The number of likely N-dealkylation sites (tertiary alicyclic amines) is 1. The number of halogens is 2. The lowest BCUT2D eigenvalue weighted by molar-refractivity contribution is -0.129. The second-order valence-electron chi connectivity index (χ2n) is 5.90. The van der Waals surface area contributed by atoms with Crippen molar-refractivity contribution in [2.75, 3.05) is 19.7 Å². The van der Waals surface area contributed by atoms with Crippen molar-refractivity contribution in [2.24, 2.45) is 10.9 Å². The van der Waals surface area contributed by atoms with Crippen LogP contribution in [0.4, 0.5) is 8.78 Å². The first-order chi connectivity index (χ1) is 9.94. The average Bonchev–Trinajstić information content (AvgIpc) is 3.19. The van der Waals surface area contributed by atoms with Crippen LogP contribution in [-0.4, -0.2) is 47.3 Å². The number of allylic oxidation sites excluding steroid dienone is 1. The minimum atomic E-state index is -2.69. The van der Waals surface area contributed by atoms with E-state index in [-0.39, 0.29) is 37.5 Å². The van der Waals surface area contributed by atoms with Crippen molar-refractivity contribution in [3.05, 3.63) is 11.6 Å². The van der Waals surface area contributed by atoms with Crippen molar-refractivity contribution < 1.29 is 23.4 Å². The number of carbonyl (C=O) groups is 1. The van der Waals surface area contributed by atoms with Crippen LogP contribution in [0.15, 0.2) is 16.6 Å². The number of carboxylic acids is 1. The summed E-state index contributed by atoms with van der Waals surface area (Å²) in [5.41, 5.74) is 0.660. The Labute approximate surface area is 121 Å². The molecule has 1 N–H and O–H groups in total. The Morgan fingerprint density at radius 2 is 2.19 bits per heavy atom. The largest absolute Gasteiger partial charge is 0.477 e. The molecular formula is C14H18F2N2O3. The number of hydrogen-bond acceptors (Lipinski definition) is 4. The monoisotopic (exact) mass is 300 g/mol. The highest BCUT2D eigenvalue weighted by Gasteiger charge is 2.40. The molecule has 7 heteroatoms. The first-order valence-corrected chi connectivity index (χ1v) is 7.24. The third-order valence-electron chi connectivity index (χ3n) is 4.03. The van der Waals surface area contributed by atoms with Gasteiger partial charge < -0.3 is 14.7 Å². The topological polar surface area (TPSA) is 62.1 Å². The van der Waals surface area contributed by atoms with Crippen molar-refractivity contribution in [2.45, 2.75) is 38.0 Å². The van der Waals surface area contributed by atoms with Crippen molar-refractivity contribution in [3.63, 3.8) is 0 Å². The highest BCUT2D eigenvalue weighted by Crippen LogP contribution is 2.35. The molecule has 1 aliphatic carbocycles. The summed E-state index contributed by atoms with van der Waals surface area (Å²) in [5, 5.41) is 9.04. The smallest absolute Gasteiger partial charge is 0.350 e. The van der Waals surface area contributed by atoms with E-state index in [1.165, 1.54) is 0 Å². The second-order valence-corrected chi connectivity index (χ2v) is 5.90. The average molecular weight is 300 g/mol. The van der Waals surface area contributed by atoms with Gasteiger partial charge in [0.15, 0.2) is 0 Å². The molecule has 0 radical (unpaired) electrons. The first-order valence-electron chi connectivity index (χ1n) is 7.24. The molecule has 0 aromatic rings. The van der Waals surface area contributed by atoms with E-state index in [4.69, 9.17) is 9.84 Å². The molecule has 2 fully saturated rings. The van der Waals surface area contributed by atoms with Crippen molar-refractivity contribution in [1.29, 1.82) is 0 Å². The van der Waals surface area contributed by atoms with E-state index in [1.807, 2.05) is 0 Å². The van der Waals surface area contributed by atoms with Gasteiger partial charge in [-0.2, -0.15) is 0 Å². The van der Waals surface area contributed by atoms with Gasteiger partial charge in [0.05, 0.1) is 18.8 Å². The summed E-state index contributed by atoms with van der Waals surface area (Å²) in [5.74, 6) is -3.05. The van der Waals surface area contributed by atoms with Crippen LogP contribution in [0, 0.1) is 5.92 Å². The summed E-state index contributed by atoms with van der Waals surface area (Å²) in [6.45, 7) is 0.409. The standard InChI is InChI=1S/C14H18F2N2O3/c15-14(16)5-6-18(8-14)11-4-3-10(13(19)20)17-12(11)21-7-9-1-2-9/h9H,1-8H2,(H,19,20). The zero-order valence-electron chi connectivity index (χ0n) is 11.6. The lowest BCUT2D eigenvalue weighted by Crippen LogP contribution is -2.29. The molecule has 0 aromatic heterocycles. The van der Waals surface area contributed by atoms with Gasteiger partial charge in [-0.3, -0.25) is 0 Å². The van der Waals surface area contributed by atoms with Crippen molar-refractivity contribution in [3.8, 4) is 0 Å². The molecule has 0 spiro atoms. The third-order valence-corrected chi connectivity index (χ3v) is 4.03. The molecule has 1 saturated heterocycles. The van der Waals surface area contributed by atoms with Crippen LogP contribution in [0.1, 0.15) is 32.1 Å². The Bertz CT molecular complexity index is 512. The molecule has 0 aromatic carbocycles. The molecule has 116 valence electrons.